The van der Waals surface area contributed by atoms with Gasteiger partial charge in [-0.3, -0.25) is 9.59 Å². The van der Waals surface area contributed by atoms with Gasteiger partial charge in [0, 0.05) is 0 Å². The molecule has 0 aromatic heterocycles. The molecule has 0 fully saturated rings. The van der Waals surface area contributed by atoms with Crippen LogP contribution < -0.4 is 0 Å². The van der Waals surface area contributed by atoms with E-state index in [1.54, 1.807) is 13.8 Å². The summed E-state index contributed by atoms with van der Waals surface area (Å²) < 4.78 is 8.64. The van der Waals surface area contributed by atoms with Gasteiger partial charge in [-0.15, -0.1) is 0 Å². The summed E-state index contributed by atoms with van der Waals surface area (Å²) >= 11 is 0. The number of carbonyl (C=O) groups is 2. The van der Waals surface area contributed by atoms with Gasteiger partial charge in [0.15, 0.2) is 5.92 Å². The van der Waals surface area contributed by atoms with E-state index < -0.39 is 24.3 Å². The van der Waals surface area contributed by atoms with Crippen LogP contribution in [-0.4, -0.2) is 35.2 Å². The van der Waals surface area contributed by atoms with Crippen LogP contribution in [-0.2, 0) is 19.1 Å². The molecule has 0 aliphatic carbocycles. The van der Waals surface area contributed by atoms with Crippen molar-refractivity contribution in [2.45, 2.75) is 26.7 Å². The maximum atomic E-state index is 11.1. The summed E-state index contributed by atoms with van der Waals surface area (Å²) in [5.41, 5.74) is 0. The van der Waals surface area contributed by atoms with E-state index in [2.05, 4.69) is 9.47 Å². The molecule has 0 amide bonds. The Morgan fingerprint density at radius 3 is 2.14 bits per heavy atom. The molecule has 0 rings (SSSR count). The molecule has 1 unspecified atom stereocenters. The van der Waals surface area contributed by atoms with Crippen molar-refractivity contribution in [2.24, 2.45) is 5.92 Å². The van der Waals surface area contributed by atoms with Crippen molar-refractivity contribution >= 4 is 11.9 Å². The molecule has 0 aromatic rings. The van der Waals surface area contributed by atoms with Gasteiger partial charge in [0.1, 0.15) is 0 Å². The highest BCUT2D eigenvalue weighted by Crippen LogP contribution is 2.08. The lowest BCUT2D eigenvalue weighted by Crippen LogP contribution is -2.30. The number of ether oxygens (including phenoxy) is 2. The van der Waals surface area contributed by atoms with Crippen LogP contribution in [0.15, 0.2) is 0 Å². The normalized spacial score (nSPS) is 12.4. The highest BCUT2D eigenvalue weighted by Gasteiger charge is 2.28. The van der Waals surface area contributed by atoms with Gasteiger partial charge in [0.2, 0.25) is 0 Å². The monoisotopic (exact) mass is 206 g/mol. The van der Waals surface area contributed by atoms with Crippen molar-refractivity contribution in [3.05, 3.63) is 0 Å². The van der Waals surface area contributed by atoms with Gasteiger partial charge in [-0.2, -0.15) is 0 Å². The van der Waals surface area contributed by atoms with Crippen LogP contribution in [0, 0.1) is 5.92 Å². The van der Waals surface area contributed by atoms with Gasteiger partial charge in [0.25, 0.3) is 0 Å². The number of carbonyl (C=O) groups excluding carboxylic acids is 2. The maximum absolute atomic E-state index is 11.1. The predicted octanol–water partition coefficient (Wildman–Crippen LogP) is -0.613. The summed E-state index contributed by atoms with van der Waals surface area (Å²) in [6.07, 6.45) is 0.185. The van der Waals surface area contributed by atoms with Crippen molar-refractivity contribution < 1.29 is 29.3 Å². The zero-order valence-electron chi connectivity index (χ0n) is 8.10. The van der Waals surface area contributed by atoms with Crippen molar-refractivity contribution in [1.82, 2.24) is 0 Å². The molecular weight excluding hydrogens is 192 g/mol. The van der Waals surface area contributed by atoms with Gasteiger partial charge >= 0.3 is 18.4 Å². The minimum Gasteiger partial charge on any atom is -0.465 e. The van der Waals surface area contributed by atoms with E-state index in [0.29, 0.717) is 0 Å². The molecule has 2 N–H and O–H groups in total. The molecule has 0 aliphatic heterocycles. The molecule has 0 saturated heterocycles. The second-order valence-electron chi connectivity index (χ2n) is 2.48. The second-order valence-corrected chi connectivity index (χ2v) is 2.48. The molecule has 0 heterocycles. The van der Waals surface area contributed by atoms with Crippen LogP contribution in [0.3, 0.4) is 0 Å². The van der Waals surface area contributed by atoms with Crippen LogP contribution in [0.5, 0.6) is 0 Å². The topological polar surface area (TPSA) is 93.1 Å². The zero-order valence-corrected chi connectivity index (χ0v) is 8.10. The Hall–Kier alpha value is -1.14. The molecule has 6 heteroatoms. The summed E-state index contributed by atoms with van der Waals surface area (Å²) in [5.74, 6) is -2.82. The number of esters is 2. The van der Waals surface area contributed by atoms with Crippen LogP contribution >= 0.6 is 0 Å². The fourth-order valence-corrected chi connectivity index (χ4v) is 0.858. The van der Waals surface area contributed by atoms with Crippen molar-refractivity contribution in [2.75, 3.05) is 6.61 Å². The lowest BCUT2D eigenvalue weighted by molar-refractivity contribution is -0.233. The third-order valence-electron chi connectivity index (χ3n) is 1.49. The Bertz CT molecular complexity index is 200. The largest absolute Gasteiger partial charge is 0.465 e. The van der Waals surface area contributed by atoms with Crippen LogP contribution in [0.1, 0.15) is 20.3 Å². The third kappa shape index (κ3) is 4.20. The molecule has 0 bridgehead atoms. The van der Waals surface area contributed by atoms with Crippen molar-refractivity contribution in [3.63, 3.8) is 0 Å². The van der Waals surface area contributed by atoms with Crippen LogP contribution in [0.4, 0.5) is 0 Å². The Balaban J connectivity index is 4.25. The average Bonchev–Trinajstić information content (AvgIpc) is 2.04. The Morgan fingerprint density at radius 2 is 1.79 bits per heavy atom. The molecule has 1 atom stereocenters. The van der Waals surface area contributed by atoms with Gasteiger partial charge in [-0.25, -0.2) is 0 Å². The van der Waals surface area contributed by atoms with E-state index in [1.807, 2.05) is 0 Å². The quantitative estimate of drug-likeness (QED) is 0.354. The molecule has 0 radical (unpaired) electrons. The van der Waals surface area contributed by atoms with E-state index in [-0.39, 0.29) is 13.0 Å². The van der Waals surface area contributed by atoms with E-state index in [4.69, 9.17) is 10.2 Å². The molecule has 0 aromatic carbocycles. The number of aliphatic hydroxyl groups excluding tert-OH is 1. The lowest BCUT2D eigenvalue weighted by atomic mass is 10.1. The first-order valence-electron chi connectivity index (χ1n) is 4.26. The zero-order chi connectivity index (χ0) is 11.1. The van der Waals surface area contributed by atoms with E-state index in [0.717, 1.165) is 0 Å². The highest BCUT2D eigenvalue weighted by atomic mass is 16.7. The van der Waals surface area contributed by atoms with Gasteiger partial charge in [-0.1, -0.05) is 6.92 Å². The van der Waals surface area contributed by atoms with Crippen molar-refractivity contribution in [3.8, 4) is 0 Å². The molecular formula is C8H14O6. The minimum absolute atomic E-state index is 0.157. The van der Waals surface area contributed by atoms with E-state index in [1.165, 1.54) is 0 Å². The van der Waals surface area contributed by atoms with Gasteiger partial charge in [0.05, 0.1) is 6.61 Å². The number of hydrogen-bond donors (Lipinski definition) is 2. The summed E-state index contributed by atoms with van der Waals surface area (Å²) in [6, 6.07) is 0. The molecule has 0 aliphatic rings. The van der Waals surface area contributed by atoms with Crippen LogP contribution in [0.25, 0.3) is 0 Å². The summed E-state index contributed by atoms with van der Waals surface area (Å²) in [5, 5.41) is 16.7. The SMILES string of the molecule is CCOC(=O)C(CC)C(=O)OC(O)O. The van der Waals surface area contributed by atoms with Gasteiger partial charge in [-0.05, 0) is 13.3 Å². The maximum Gasteiger partial charge on any atom is 0.324 e. The molecule has 14 heavy (non-hydrogen) atoms. The Kier molecular flexibility index (Phi) is 5.82. The predicted molar refractivity (Wildman–Crippen MR) is 44.7 cm³/mol. The number of hydrogen-bond acceptors (Lipinski definition) is 6. The fourth-order valence-electron chi connectivity index (χ4n) is 0.858. The first-order chi connectivity index (χ1) is 6.52. The lowest BCUT2D eigenvalue weighted by Gasteiger charge is -2.13. The standard InChI is InChI=1S/C8H14O6/c1-3-5(6(9)13-4-2)7(10)14-8(11)12/h5,8,11-12H,3-4H2,1-2H3. The number of rotatable bonds is 5. The highest BCUT2D eigenvalue weighted by molar-refractivity contribution is 5.94. The molecule has 0 spiro atoms. The fraction of sp³-hybridized carbons (Fsp3) is 0.750. The first-order valence-corrected chi connectivity index (χ1v) is 4.26. The van der Waals surface area contributed by atoms with E-state index in [9.17, 15) is 9.59 Å². The second kappa shape index (κ2) is 6.33. The van der Waals surface area contributed by atoms with Gasteiger partial charge < -0.3 is 19.7 Å². The van der Waals surface area contributed by atoms with E-state index >= 15 is 0 Å². The van der Waals surface area contributed by atoms with Crippen LogP contribution in [0.2, 0.25) is 0 Å². The Labute approximate surface area is 81.4 Å². The average molecular weight is 206 g/mol. The molecule has 82 valence electrons. The number of aliphatic hydroxyl groups is 2. The van der Waals surface area contributed by atoms with Crippen molar-refractivity contribution in [1.29, 1.82) is 0 Å². The Morgan fingerprint density at radius 1 is 1.21 bits per heavy atom. The summed E-state index contributed by atoms with van der Waals surface area (Å²) in [6.45, 7) is 1.15. The minimum atomic E-state index is -2.20. The first kappa shape index (κ1) is 12.9. The smallest absolute Gasteiger partial charge is 0.324 e. The summed E-state index contributed by atoms with van der Waals surface area (Å²) in [7, 11) is 0. The molecule has 6 nitrogen and oxygen atoms in total. The molecule has 0 saturated carbocycles. The summed E-state index contributed by atoms with van der Waals surface area (Å²) in [4.78, 5) is 22.2. The third-order valence-corrected chi connectivity index (χ3v) is 1.49.